The van der Waals surface area contributed by atoms with Crippen molar-refractivity contribution in [2.45, 2.75) is 33.4 Å². The first-order chi connectivity index (χ1) is 17.8. The topological polar surface area (TPSA) is 96.1 Å². The quantitative estimate of drug-likeness (QED) is 0.364. The number of nitrogens with zero attached hydrogens (tertiary/aromatic N) is 3. The van der Waals surface area contributed by atoms with E-state index in [-0.39, 0.29) is 17.6 Å². The first-order valence-electron chi connectivity index (χ1n) is 12.1. The minimum atomic E-state index is -0.932. The van der Waals surface area contributed by atoms with Gasteiger partial charge in [0.2, 0.25) is 5.43 Å². The zero-order valence-electron chi connectivity index (χ0n) is 20.8. The van der Waals surface area contributed by atoms with E-state index >= 15 is 0 Å². The molecule has 0 aliphatic heterocycles. The van der Waals surface area contributed by atoms with E-state index in [1.165, 1.54) is 45.6 Å². The fourth-order valence-electron chi connectivity index (χ4n) is 4.22. The van der Waals surface area contributed by atoms with Crippen LogP contribution >= 0.6 is 0 Å². The molecule has 0 unspecified atom stereocenters. The number of hydrogen-bond acceptors (Lipinski definition) is 5. The maximum Gasteiger partial charge on any atom is 0.278 e. The van der Waals surface area contributed by atoms with Crippen LogP contribution in [0.25, 0.3) is 5.52 Å². The van der Waals surface area contributed by atoms with Crippen LogP contribution in [0.3, 0.4) is 0 Å². The Hall–Kier alpha value is -4.40. The molecular formula is C28H29FN4O4. The lowest BCUT2D eigenvalue weighted by Gasteiger charge is -2.25. The molecule has 0 aliphatic carbocycles. The number of halogens is 1. The number of anilines is 1. The highest BCUT2D eigenvalue weighted by atomic mass is 19.1. The van der Waals surface area contributed by atoms with Crippen LogP contribution in [0.15, 0.2) is 76.7 Å². The van der Waals surface area contributed by atoms with Crippen molar-refractivity contribution in [1.29, 1.82) is 0 Å². The second-order valence-electron chi connectivity index (χ2n) is 8.91. The number of hydrogen-bond donors (Lipinski definition) is 2. The number of carbonyl (C=O) groups is 1. The molecule has 1 amide bonds. The predicted molar refractivity (Wildman–Crippen MR) is 141 cm³/mol. The van der Waals surface area contributed by atoms with Crippen LogP contribution in [-0.4, -0.2) is 33.1 Å². The fourth-order valence-corrected chi connectivity index (χ4v) is 4.22. The number of nitrogens with one attached hydrogen (secondary N) is 1. The summed E-state index contributed by atoms with van der Waals surface area (Å²) in [5.74, 6) is -1.89. The molecule has 2 N–H and O–H groups in total. The number of aromatic nitrogens is 2. The molecule has 0 saturated heterocycles. The molecule has 4 rings (SSSR count). The molecule has 8 nitrogen and oxygen atoms in total. The van der Waals surface area contributed by atoms with E-state index in [1.54, 1.807) is 6.20 Å². The molecule has 4 aromatic rings. The molecule has 192 valence electrons. The van der Waals surface area contributed by atoms with Crippen LogP contribution in [-0.2, 0) is 13.1 Å². The van der Waals surface area contributed by atoms with Gasteiger partial charge in [-0.2, -0.15) is 0 Å². The lowest BCUT2D eigenvalue weighted by molar-refractivity contribution is 0.0949. The SMILES string of the molecule is CCCN(CCn1ccn2cc(C(=O)NCc3ccc(F)cc3)c(=O)c(O)c2c1=O)c1cccc(C)c1. The van der Waals surface area contributed by atoms with Crippen LogP contribution in [0, 0.1) is 12.7 Å². The molecule has 0 radical (unpaired) electrons. The molecule has 0 fully saturated rings. The summed E-state index contributed by atoms with van der Waals surface area (Å²) < 4.78 is 15.8. The lowest BCUT2D eigenvalue weighted by Crippen LogP contribution is -2.33. The van der Waals surface area contributed by atoms with Gasteiger partial charge in [0.15, 0.2) is 11.3 Å². The lowest BCUT2D eigenvalue weighted by atomic mass is 10.2. The summed E-state index contributed by atoms with van der Waals surface area (Å²) in [7, 11) is 0. The van der Waals surface area contributed by atoms with Gasteiger partial charge in [0.05, 0.1) is 0 Å². The molecule has 9 heteroatoms. The van der Waals surface area contributed by atoms with Gasteiger partial charge in [0.1, 0.15) is 11.4 Å². The average molecular weight is 505 g/mol. The normalized spacial score (nSPS) is 11.0. The number of pyridine rings is 1. The van der Waals surface area contributed by atoms with Gasteiger partial charge in [-0.3, -0.25) is 14.4 Å². The number of aromatic hydroxyl groups is 1. The Kier molecular flexibility index (Phi) is 7.71. The Balaban J connectivity index is 1.57. The van der Waals surface area contributed by atoms with Crippen LogP contribution in [0.1, 0.15) is 34.8 Å². The second kappa shape index (κ2) is 11.1. The maximum atomic E-state index is 13.2. The van der Waals surface area contributed by atoms with Crippen molar-refractivity contribution in [2.75, 3.05) is 18.0 Å². The Morgan fingerprint density at radius 2 is 1.84 bits per heavy atom. The van der Waals surface area contributed by atoms with Gasteiger partial charge in [-0.05, 0) is 48.7 Å². The third kappa shape index (κ3) is 5.72. The molecule has 37 heavy (non-hydrogen) atoms. The fraction of sp³-hybridized carbons (Fsp3) is 0.250. The smallest absolute Gasteiger partial charge is 0.278 e. The van der Waals surface area contributed by atoms with Gasteiger partial charge in [0.25, 0.3) is 11.5 Å². The maximum absolute atomic E-state index is 13.2. The van der Waals surface area contributed by atoms with Crippen LogP contribution in [0.5, 0.6) is 5.75 Å². The Morgan fingerprint density at radius 1 is 1.08 bits per heavy atom. The number of fused-ring (bicyclic) bond motifs is 1. The van der Waals surface area contributed by atoms with E-state index in [2.05, 4.69) is 23.2 Å². The van der Waals surface area contributed by atoms with Crippen molar-refractivity contribution >= 4 is 17.1 Å². The second-order valence-corrected chi connectivity index (χ2v) is 8.91. The highest BCUT2D eigenvalue weighted by Crippen LogP contribution is 2.17. The van der Waals surface area contributed by atoms with Gasteiger partial charge < -0.3 is 24.3 Å². The number of amides is 1. The van der Waals surface area contributed by atoms with Crippen LogP contribution < -0.4 is 21.2 Å². The largest absolute Gasteiger partial charge is 0.503 e. The van der Waals surface area contributed by atoms with E-state index in [0.717, 1.165) is 24.2 Å². The number of carbonyl (C=O) groups excluding carboxylic acids is 1. The number of rotatable bonds is 9. The number of aryl methyl sites for hydroxylation is 1. The predicted octanol–water partition coefficient (Wildman–Crippen LogP) is 3.46. The van der Waals surface area contributed by atoms with Crippen LogP contribution in [0.2, 0.25) is 0 Å². The van der Waals surface area contributed by atoms with E-state index in [9.17, 15) is 23.9 Å². The van der Waals surface area contributed by atoms with Crippen molar-refractivity contribution in [3.8, 4) is 5.75 Å². The zero-order valence-corrected chi connectivity index (χ0v) is 20.8. The molecule has 0 bridgehead atoms. The van der Waals surface area contributed by atoms with Crippen LogP contribution in [0.4, 0.5) is 10.1 Å². The van der Waals surface area contributed by atoms with Gasteiger partial charge in [-0.25, -0.2) is 4.39 Å². The van der Waals surface area contributed by atoms with Crippen molar-refractivity contribution in [2.24, 2.45) is 0 Å². The summed E-state index contributed by atoms with van der Waals surface area (Å²) in [5.41, 5.74) is 0.887. The van der Waals surface area contributed by atoms with Crippen molar-refractivity contribution in [3.05, 3.63) is 110 Å². The van der Waals surface area contributed by atoms with Crippen molar-refractivity contribution in [3.63, 3.8) is 0 Å². The summed E-state index contributed by atoms with van der Waals surface area (Å²) in [4.78, 5) is 40.8. The molecule has 2 aromatic carbocycles. The summed E-state index contributed by atoms with van der Waals surface area (Å²) in [6, 6.07) is 13.7. The van der Waals surface area contributed by atoms with Gasteiger partial charge in [-0.15, -0.1) is 0 Å². The monoisotopic (exact) mass is 504 g/mol. The molecular weight excluding hydrogens is 475 g/mol. The van der Waals surface area contributed by atoms with Gasteiger partial charge in [0, 0.05) is 50.5 Å². The third-order valence-electron chi connectivity index (χ3n) is 6.16. The number of benzene rings is 2. The highest BCUT2D eigenvalue weighted by molar-refractivity contribution is 5.94. The molecule has 0 atom stereocenters. The van der Waals surface area contributed by atoms with E-state index in [0.29, 0.717) is 18.7 Å². The summed E-state index contributed by atoms with van der Waals surface area (Å²) >= 11 is 0. The first kappa shape index (κ1) is 25.7. The molecule has 2 heterocycles. The third-order valence-corrected chi connectivity index (χ3v) is 6.16. The Morgan fingerprint density at radius 3 is 2.54 bits per heavy atom. The average Bonchev–Trinajstić information content (AvgIpc) is 2.88. The summed E-state index contributed by atoms with van der Waals surface area (Å²) in [6.07, 6.45) is 5.27. The standard InChI is InChI=1S/C28H29FN4O4/c1-3-11-31(22-6-4-5-19(2)16-22)12-13-32-14-15-33-18-23(25(34)26(35)24(33)28(32)37)27(36)30-17-20-7-9-21(29)10-8-20/h4-10,14-16,18,35H,3,11-13,17H2,1-2H3,(H,30,36). The Labute approximate surface area is 213 Å². The molecule has 0 spiro atoms. The molecule has 0 saturated carbocycles. The summed E-state index contributed by atoms with van der Waals surface area (Å²) in [6.45, 7) is 5.90. The molecule has 2 aromatic heterocycles. The summed E-state index contributed by atoms with van der Waals surface area (Å²) in [5, 5.41) is 13.2. The molecule has 0 aliphatic rings. The van der Waals surface area contributed by atoms with E-state index in [4.69, 9.17) is 0 Å². The van der Waals surface area contributed by atoms with E-state index in [1.807, 2.05) is 25.1 Å². The van der Waals surface area contributed by atoms with Gasteiger partial charge in [-0.1, -0.05) is 31.2 Å². The van der Waals surface area contributed by atoms with Gasteiger partial charge >= 0.3 is 0 Å². The minimum absolute atomic E-state index is 0.0683. The highest BCUT2D eigenvalue weighted by Gasteiger charge is 2.19. The van der Waals surface area contributed by atoms with Crippen molar-refractivity contribution in [1.82, 2.24) is 14.3 Å². The van der Waals surface area contributed by atoms with E-state index < -0.39 is 28.5 Å². The Bertz CT molecular complexity index is 1540. The minimum Gasteiger partial charge on any atom is -0.503 e. The van der Waals surface area contributed by atoms with Crippen molar-refractivity contribution < 1.29 is 14.3 Å². The zero-order chi connectivity index (χ0) is 26.5. The first-order valence-corrected chi connectivity index (χ1v) is 12.1.